The van der Waals surface area contributed by atoms with Crippen molar-refractivity contribution in [3.63, 3.8) is 0 Å². The highest BCUT2D eigenvalue weighted by atomic mass is 35.5. The van der Waals surface area contributed by atoms with Crippen molar-refractivity contribution >= 4 is 17.5 Å². The van der Waals surface area contributed by atoms with E-state index < -0.39 is 0 Å². The normalized spacial score (nSPS) is 14.4. The molecule has 1 fully saturated rings. The lowest BCUT2D eigenvalue weighted by Gasteiger charge is -2.26. The summed E-state index contributed by atoms with van der Waals surface area (Å²) in [7, 11) is 1.63. The number of halogens is 1. The van der Waals surface area contributed by atoms with Crippen LogP contribution in [0.3, 0.4) is 0 Å². The summed E-state index contributed by atoms with van der Waals surface area (Å²) in [5, 5.41) is 8.42. The molecule has 6 nitrogen and oxygen atoms in total. The summed E-state index contributed by atoms with van der Waals surface area (Å²) >= 11 is 6.05. The Bertz CT molecular complexity index is 1030. The third-order valence-corrected chi connectivity index (χ3v) is 5.79. The van der Waals surface area contributed by atoms with E-state index in [1.54, 1.807) is 23.9 Å². The van der Waals surface area contributed by atoms with Crippen LogP contribution in [-0.2, 0) is 0 Å². The molecule has 2 aromatic carbocycles. The van der Waals surface area contributed by atoms with E-state index in [1.165, 1.54) is 19.3 Å². The largest absolute Gasteiger partial charge is 0.497 e. The van der Waals surface area contributed by atoms with Crippen molar-refractivity contribution < 1.29 is 9.53 Å². The monoisotopic (exact) mass is 438 g/mol. The van der Waals surface area contributed by atoms with E-state index in [0.717, 1.165) is 36.6 Å². The molecule has 1 aliphatic heterocycles. The maximum absolute atomic E-state index is 13.1. The molecular weight excluding hydrogens is 412 g/mol. The fraction of sp³-hybridized carbons (Fsp3) is 0.333. The molecule has 2 heterocycles. The molecule has 1 saturated heterocycles. The minimum atomic E-state index is -0.145. The van der Waals surface area contributed by atoms with Crippen LogP contribution in [-0.4, -0.2) is 53.9 Å². The Hall–Kier alpha value is -2.83. The molecule has 0 spiro atoms. The zero-order valence-electron chi connectivity index (χ0n) is 17.7. The van der Waals surface area contributed by atoms with Crippen LogP contribution in [0.2, 0.25) is 5.02 Å². The highest BCUT2D eigenvalue weighted by Crippen LogP contribution is 2.25. The van der Waals surface area contributed by atoms with Crippen molar-refractivity contribution in [2.45, 2.75) is 19.3 Å². The third kappa shape index (κ3) is 5.27. The lowest BCUT2D eigenvalue weighted by molar-refractivity contribution is 0.0939. The van der Waals surface area contributed by atoms with Crippen molar-refractivity contribution in [3.8, 4) is 22.7 Å². The molecular formula is C24H27ClN4O2. The van der Waals surface area contributed by atoms with Crippen molar-refractivity contribution in [2.75, 3.05) is 33.3 Å². The second-order valence-corrected chi connectivity index (χ2v) is 8.13. The summed E-state index contributed by atoms with van der Waals surface area (Å²) in [4.78, 5) is 15.5. The Morgan fingerprint density at radius 2 is 1.87 bits per heavy atom. The van der Waals surface area contributed by atoms with Gasteiger partial charge in [0, 0.05) is 23.7 Å². The first-order chi connectivity index (χ1) is 15.1. The number of carbonyl (C=O) groups is 1. The second kappa shape index (κ2) is 9.98. The fourth-order valence-corrected chi connectivity index (χ4v) is 3.97. The SMILES string of the molecule is COc1cccc(-c2cc(C(=O)NCCN3CCCCC3)n(-c3ccc(Cl)cc3)n2)c1. The summed E-state index contributed by atoms with van der Waals surface area (Å²) in [6.07, 6.45) is 3.78. The molecule has 1 amide bonds. The Labute approximate surface area is 187 Å². The van der Waals surface area contributed by atoms with E-state index in [0.29, 0.717) is 23.0 Å². The Balaban J connectivity index is 1.58. The zero-order chi connectivity index (χ0) is 21.6. The second-order valence-electron chi connectivity index (χ2n) is 7.69. The molecule has 31 heavy (non-hydrogen) atoms. The molecule has 0 unspecified atom stereocenters. The van der Waals surface area contributed by atoms with Gasteiger partial charge in [0.2, 0.25) is 0 Å². The Morgan fingerprint density at radius 3 is 2.61 bits per heavy atom. The van der Waals surface area contributed by atoms with Crippen molar-refractivity contribution in [3.05, 3.63) is 65.3 Å². The molecule has 0 bridgehead atoms. The smallest absolute Gasteiger partial charge is 0.270 e. The van der Waals surface area contributed by atoms with E-state index in [2.05, 4.69) is 10.2 Å². The highest BCUT2D eigenvalue weighted by Gasteiger charge is 2.18. The van der Waals surface area contributed by atoms with Gasteiger partial charge in [-0.3, -0.25) is 4.79 Å². The average Bonchev–Trinajstić information content (AvgIpc) is 3.26. The zero-order valence-corrected chi connectivity index (χ0v) is 18.4. The number of hydrogen-bond donors (Lipinski definition) is 1. The van der Waals surface area contributed by atoms with Crippen molar-refractivity contribution in [2.24, 2.45) is 0 Å². The van der Waals surface area contributed by atoms with Crippen LogP contribution in [0.15, 0.2) is 54.6 Å². The molecule has 1 aromatic heterocycles. The lowest BCUT2D eigenvalue weighted by Crippen LogP contribution is -2.38. The third-order valence-electron chi connectivity index (χ3n) is 5.54. The van der Waals surface area contributed by atoms with Gasteiger partial charge in [0.1, 0.15) is 11.4 Å². The van der Waals surface area contributed by atoms with E-state index in [9.17, 15) is 4.79 Å². The number of methoxy groups -OCH3 is 1. The molecule has 0 radical (unpaired) electrons. The Morgan fingerprint density at radius 1 is 1.10 bits per heavy atom. The number of piperidine rings is 1. The predicted molar refractivity (Wildman–Crippen MR) is 123 cm³/mol. The molecule has 1 aliphatic rings. The van der Waals surface area contributed by atoms with Gasteiger partial charge in [0.05, 0.1) is 18.5 Å². The average molecular weight is 439 g/mol. The summed E-state index contributed by atoms with van der Waals surface area (Å²) in [5.41, 5.74) is 2.85. The van der Waals surface area contributed by atoms with E-state index >= 15 is 0 Å². The van der Waals surface area contributed by atoms with Crippen LogP contribution < -0.4 is 10.1 Å². The first-order valence-electron chi connectivity index (χ1n) is 10.6. The van der Waals surface area contributed by atoms with Gasteiger partial charge in [0.15, 0.2) is 0 Å². The van der Waals surface area contributed by atoms with Gasteiger partial charge < -0.3 is 15.0 Å². The molecule has 1 N–H and O–H groups in total. The van der Waals surface area contributed by atoms with Gasteiger partial charge >= 0.3 is 0 Å². The Kier molecular flexibility index (Phi) is 6.89. The highest BCUT2D eigenvalue weighted by molar-refractivity contribution is 6.30. The minimum absolute atomic E-state index is 0.145. The van der Waals surface area contributed by atoms with E-state index in [4.69, 9.17) is 21.4 Å². The van der Waals surface area contributed by atoms with E-state index in [-0.39, 0.29) is 5.91 Å². The molecule has 162 valence electrons. The molecule has 3 aromatic rings. The summed E-state index contributed by atoms with van der Waals surface area (Å²) in [6.45, 7) is 3.69. The molecule has 4 rings (SSSR count). The lowest BCUT2D eigenvalue weighted by atomic mass is 10.1. The van der Waals surface area contributed by atoms with Gasteiger partial charge in [-0.25, -0.2) is 4.68 Å². The van der Waals surface area contributed by atoms with Gasteiger partial charge in [-0.2, -0.15) is 5.10 Å². The molecule has 0 saturated carbocycles. The van der Waals surface area contributed by atoms with Crippen LogP contribution in [0.25, 0.3) is 16.9 Å². The number of rotatable bonds is 7. The van der Waals surface area contributed by atoms with E-state index in [1.807, 2.05) is 42.5 Å². The molecule has 0 aliphatic carbocycles. The summed E-state index contributed by atoms with van der Waals surface area (Å²) in [6, 6.07) is 16.8. The number of ether oxygens (including phenoxy) is 1. The predicted octanol–water partition coefficient (Wildman–Crippen LogP) is 4.42. The quantitative estimate of drug-likeness (QED) is 0.593. The van der Waals surface area contributed by atoms with Crippen LogP contribution in [0.4, 0.5) is 0 Å². The summed E-state index contributed by atoms with van der Waals surface area (Å²) < 4.78 is 7.00. The van der Waals surface area contributed by atoms with Gasteiger partial charge in [-0.15, -0.1) is 0 Å². The first-order valence-corrected chi connectivity index (χ1v) is 11.0. The minimum Gasteiger partial charge on any atom is -0.497 e. The van der Waals surface area contributed by atoms with Gasteiger partial charge in [-0.05, 0) is 68.4 Å². The summed E-state index contributed by atoms with van der Waals surface area (Å²) in [5.74, 6) is 0.597. The number of carbonyl (C=O) groups excluding carboxylic acids is 1. The number of likely N-dealkylation sites (tertiary alicyclic amines) is 1. The van der Waals surface area contributed by atoms with Crippen LogP contribution in [0.5, 0.6) is 5.75 Å². The van der Waals surface area contributed by atoms with Gasteiger partial charge in [0.25, 0.3) is 5.91 Å². The van der Waals surface area contributed by atoms with Crippen LogP contribution in [0.1, 0.15) is 29.8 Å². The van der Waals surface area contributed by atoms with Crippen molar-refractivity contribution in [1.82, 2.24) is 20.0 Å². The van der Waals surface area contributed by atoms with Gasteiger partial charge in [-0.1, -0.05) is 30.2 Å². The number of aromatic nitrogens is 2. The number of nitrogens with zero attached hydrogens (tertiary/aromatic N) is 3. The van der Waals surface area contributed by atoms with Crippen LogP contribution >= 0.6 is 11.6 Å². The fourth-order valence-electron chi connectivity index (χ4n) is 3.85. The molecule has 0 atom stereocenters. The number of nitrogens with one attached hydrogen (secondary N) is 1. The van der Waals surface area contributed by atoms with Crippen molar-refractivity contribution in [1.29, 1.82) is 0 Å². The topological polar surface area (TPSA) is 59.4 Å². The number of hydrogen-bond acceptors (Lipinski definition) is 4. The number of amides is 1. The first kappa shape index (κ1) is 21.4. The maximum atomic E-state index is 13.1. The maximum Gasteiger partial charge on any atom is 0.270 e. The van der Waals surface area contributed by atoms with Crippen LogP contribution in [0, 0.1) is 0 Å². The number of benzene rings is 2. The molecule has 7 heteroatoms. The standard InChI is InChI=1S/C24H27ClN4O2/c1-31-21-7-5-6-18(16-21)22-17-23(29(27-22)20-10-8-19(25)9-11-20)24(30)26-12-15-28-13-3-2-4-14-28/h5-11,16-17H,2-4,12-15H2,1H3,(H,26,30).